The van der Waals surface area contributed by atoms with Gasteiger partial charge in [0.2, 0.25) is 0 Å². The third kappa shape index (κ3) is 6.17. The third-order valence-electron chi connectivity index (χ3n) is 3.58. The summed E-state index contributed by atoms with van der Waals surface area (Å²) in [5.41, 5.74) is 0.484. The first kappa shape index (κ1) is 17.7. The molecule has 1 aromatic rings. The van der Waals surface area contributed by atoms with Gasteiger partial charge in [-0.15, -0.1) is 0 Å². The van der Waals surface area contributed by atoms with Crippen LogP contribution in [0.4, 0.5) is 0 Å². The zero-order valence-corrected chi connectivity index (χ0v) is 13.5. The van der Waals surface area contributed by atoms with E-state index in [2.05, 4.69) is 5.32 Å². The van der Waals surface area contributed by atoms with Crippen molar-refractivity contribution in [3.05, 3.63) is 29.8 Å². The number of esters is 1. The van der Waals surface area contributed by atoms with Crippen LogP contribution in [0.1, 0.15) is 30.1 Å². The molecule has 1 aliphatic heterocycles. The Balaban J connectivity index is 1.65. The molecule has 6 heteroatoms. The van der Waals surface area contributed by atoms with Gasteiger partial charge in [-0.05, 0) is 44.0 Å². The summed E-state index contributed by atoms with van der Waals surface area (Å²) >= 11 is 0. The van der Waals surface area contributed by atoms with Gasteiger partial charge in [0.05, 0.1) is 18.3 Å². The van der Waals surface area contributed by atoms with E-state index in [0.717, 1.165) is 26.0 Å². The minimum absolute atomic E-state index is 0.192. The minimum atomic E-state index is -0.596. The molecule has 0 radical (unpaired) electrons. The average Bonchev–Trinajstić information content (AvgIpc) is 3.07. The third-order valence-corrected chi connectivity index (χ3v) is 3.58. The summed E-state index contributed by atoms with van der Waals surface area (Å²) in [6.45, 7) is 4.36. The van der Waals surface area contributed by atoms with Crippen molar-refractivity contribution >= 4 is 5.97 Å². The van der Waals surface area contributed by atoms with Crippen LogP contribution < -0.4 is 10.1 Å². The van der Waals surface area contributed by atoms with Crippen molar-refractivity contribution < 1.29 is 24.1 Å². The fourth-order valence-corrected chi connectivity index (χ4v) is 2.37. The number of aliphatic hydroxyl groups excluding tert-OH is 1. The van der Waals surface area contributed by atoms with Crippen LogP contribution in [0.3, 0.4) is 0 Å². The highest BCUT2D eigenvalue weighted by atomic mass is 16.5. The lowest BCUT2D eigenvalue weighted by atomic mass is 10.2. The Morgan fingerprint density at radius 1 is 1.43 bits per heavy atom. The number of nitrogens with one attached hydrogen (secondary N) is 1. The molecule has 2 rings (SSSR count). The molecular formula is C17H25NO5. The molecule has 0 spiro atoms. The predicted octanol–water partition coefficient (Wildman–Crippen LogP) is 1.37. The summed E-state index contributed by atoms with van der Waals surface area (Å²) in [5.74, 6) is 0.258. The number of benzene rings is 1. The molecule has 6 nitrogen and oxygen atoms in total. The van der Waals surface area contributed by atoms with Gasteiger partial charge >= 0.3 is 5.97 Å². The van der Waals surface area contributed by atoms with E-state index in [4.69, 9.17) is 14.2 Å². The standard InChI is InChI=1S/C17H25NO5/c1-2-21-17(20)13-5-7-15(8-6-13)23-12-14(19)10-18-11-16-4-3-9-22-16/h5-8,14,16,18-19H,2-4,9-12H2,1H3/t14-,16-/m0/s1. The van der Waals surface area contributed by atoms with Crippen molar-refractivity contribution in [1.82, 2.24) is 5.32 Å². The van der Waals surface area contributed by atoms with Gasteiger partial charge < -0.3 is 24.6 Å². The second-order valence-electron chi connectivity index (χ2n) is 5.50. The number of rotatable bonds is 9. The maximum atomic E-state index is 11.5. The van der Waals surface area contributed by atoms with Crippen LogP contribution in [-0.4, -0.2) is 56.2 Å². The van der Waals surface area contributed by atoms with Crippen molar-refractivity contribution in [1.29, 1.82) is 0 Å². The smallest absolute Gasteiger partial charge is 0.338 e. The Hall–Kier alpha value is -1.63. The molecule has 0 aliphatic carbocycles. The topological polar surface area (TPSA) is 77.0 Å². The van der Waals surface area contributed by atoms with Gasteiger partial charge in [-0.2, -0.15) is 0 Å². The zero-order valence-electron chi connectivity index (χ0n) is 13.5. The summed E-state index contributed by atoms with van der Waals surface area (Å²) < 4.78 is 15.9. The van der Waals surface area contributed by atoms with E-state index in [9.17, 15) is 9.90 Å². The minimum Gasteiger partial charge on any atom is -0.491 e. The van der Waals surface area contributed by atoms with Gasteiger partial charge in [0.15, 0.2) is 0 Å². The number of carbonyl (C=O) groups is 1. The molecule has 0 amide bonds. The maximum Gasteiger partial charge on any atom is 0.338 e. The van der Waals surface area contributed by atoms with Gasteiger partial charge in [-0.1, -0.05) is 0 Å². The molecule has 1 heterocycles. The van der Waals surface area contributed by atoms with E-state index in [1.54, 1.807) is 31.2 Å². The van der Waals surface area contributed by atoms with Crippen LogP contribution in [0.5, 0.6) is 5.75 Å². The monoisotopic (exact) mass is 323 g/mol. The highest BCUT2D eigenvalue weighted by molar-refractivity contribution is 5.89. The van der Waals surface area contributed by atoms with Crippen molar-refractivity contribution in [2.24, 2.45) is 0 Å². The molecule has 1 saturated heterocycles. The van der Waals surface area contributed by atoms with Gasteiger partial charge in [0.25, 0.3) is 0 Å². The van der Waals surface area contributed by atoms with Crippen LogP contribution in [0.15, 0.2) is 24.3 Å². The number of hydrogen-bond donors (Lipinski definition) is 2. The largest absolute Gasteiger partial charge is 0.491 e. The first-order valence-electron chi connectivity index (χ1n) is 8.09. The SMILES string of the molecule is CCOC(=O)c1ccc(OC[C@@H](O)CNC[C@@H]2CCCO2)cc1. The van der Waals surface area contributed by atoms with Gasteiger partial charge in [-0.3, -0.25) is 0 Å². The van der Waals surface area contributed by atoms with E-state index >= 15 is 0 Å². The Morgan fingerprint density at radius 3 is 2.87 bits per heavy atom. The first-order chi connectivity index (χ1) is 11.2. The number of hydrogen-bond acceptors (Lipinski definition) is 6. The molecular weight excluding hydrogens is 298 g/mol. The Labute approximate surface area is 136 Å². The Kier molecular flexibility index (Phi) is 7.32. The lowest BCUT2D eigenvalue weighted by molar-refractivity contribution is 0.0526. The molecule has 1 fully saturated rings. The number of carbonyl (C=O) groups excluding carboxylic acids is 1. The van der Waals surface area contributed by atoms with E-state index < -0.39 is 6.10 Å². The van der Waals surface area contributed by atoms with E-state index in [1.165, 1.54) is 0 Å². The average molecular weight is 323 g/mol. The Bertz CT molecular complexity index is 470. The molecule has 2 N–H and O–H groups in total. The van der Waals surface area contributed by atoms with Crippen LogP contribution in [0.2, 0.25) is 0 Å². The van der Waals surface area contributed by atoms with E-state index in [0.29, 0.717) is 24.5 Å². The van der Waals surface area contributed by atoms with Crippen molar-refractivity contribution in [3.63, 3.8) is 0 Å². The van der Waals surface area contributed by atoms with Crippen LogP contribution in [0.25, 0.3) is 0 Å². The number of aliphatic hydroxyl groups is 1. The molecule has 2 atom stereocenters. The normalized spacial score (nSPS) is 18.6. The molecule has 0 aromatic heterocycles. The fourth-order valence-electron chi connectivity index (χ4n) is 2.37. The summed E-state index contributed by atoms with van der Waals surface area (Å²) in [5, 5.41) is 13.1. The molecule has 1 aromatic carbocycles. The summed E-state index contributed by atoms with van der Waals surface area (Å²) in [6.07, 6.45) is 1.85. The Morgan fingerprint density at radius 2 is 2.22 bits per heavy atom. The molecule has 1 aliphatic rings. The highest BCUT2D eigenvalue weighted by Crippen LogP contribution is 2.13. The van der Waals surface area contributed by atoms with Gasteiger partial charge in [-0.25, -0.2) is 4.79 Å². The number of ether oxygens (including phenoxy) is 3. The van der Waals surface area contributed by atoms with E-state index in [1.807, 2.05) is 0 Å². The summed E-state index contributed by atoms with van der Waals surface area (Å²) in [6, 6.07) is 6.68. The lowest BCUT2D eigenvalue weighted by Crippen LogP contribution is -2.35. The van der Waals surface area contributed by atoms with Crippen molar-refractivity contribution in [3.8, 4) is 5.75 Å². The summed E-state index contributed by atoms with van der Waals surface area (Å²) in [7, 11) is 0. The van der Waals surface area contributed by atoms with Crippen molar-refractivity contribution in [2.75, 3.05) is 32.9 Å². The van der Waals surface area contributed by atoms with Crippen LogP contribution in [-0.2, 0) is 9.47 Å². The fraction of sp³-hybridized carbons (Fsp3) is 0.588. The van der Waals surface area contributed by atoms with Crippen LogP contribution in [0, 0.1) is 0 Å². The second-order valence-corrected chi connectivity index (χ2v) is 5.50. The zero-order chi connectivity index (χ0) is 16.5. The van der Waals surface area contributed by atoms with Gasteiger partial charge in [0, 0.05) is 19.7 Å². The molecule has 23 heavy (non-hydrogen) atoms. The molecule has 0 saturated carbocycles. The lowest BCUT2D eigenvalue weighted by Gasteiger charge is -2.15. The van der Waals surface area contributed by atoms with Crippen molar-refractivity contribution in [2.45, 2.75) is 32.0 Å². The van der Waals surface area contributed by atoms with E-state index in [-0.39, 0.29) is 18.7 Å². The quantitative estimate of drug-likeness (QED) is 0.669. The summed E-state index contributed by atoms with van der Waals surface area (Å²) in [4.78, 5) is 11.5. The molecule has 0 bridgehead atoms. The highest BCUT2D eigenvalue weighted by Gasteiger charge is 2.15. The molecule has 0 unspecified atom stereocenters. The maximum absolute atomic E-state index is 11.5. The second kappa shape index (κ2) is 9.50. The molecule has 128 valence electrons. The first-order valence-corrected chi connectivity index (χ1v) is 8.09. The van der Waals surface area contributed by atoms with Crippen LogP contribution >= 0.6 is 0 Å². The van der Waals surface area contributed by atoms with Gasteiger partial charge in [0.1, 0.15) is 18.5 Å². The predicted molar refractivity (Wildman–Crippen MR) is 85.7 cm³/mol.